The average Bonchev–Trinajstić information content (AvgIpc) is 2.54. The lowest BCUT2D eigenvalue weighted by atomic mass is 9.94. The first kappa shape index (κ1) is 28.2. The van der Waals surface area contributed by atoms with Crippen LogP contribution in [0.4, 0.5) is 0 Å². The molecule has 1 aliphatic heterocycles. The van der Waals surface area contributed by atoms with Gasteiger partial charge in [-0.25, -0.2) is 0 Å². The second kappa shape index (κ2) is 10.8. The van der Waals surface area contributed by atoms with E-state index in [0.717, 1.165) is 27.7 Å². The summed E-state index contributed by atoms with van der Waals surface area (Å²) in [6.07, 6.45) is -9.40. The van der Waals surface area contributed by atoms with E-state index >= 15 is 0 Å². The van der Waals surface area contributed by atoms with E-state index in [-0.39, 0.29) is 0 Å². The van der Waals surface area contributed by atoms with E-state index in [0.29, 0.717) is 0 Å². The molecule has 0 bridgehead atoms. The summed E-state index contributed by atoms with van der Waals surface area (Å²) >= 11 is 0. The van der Waals surface area contributed by atoms with Gasteiger partial charge in [0, 0.05) is 27.7 Å². The standard InChI is InChI=1S/C15H24O15P2/c1-6(16)26-5-10-11(27-7(2)17)12(28-8(3)18)13(29-9(4)19)14(30-10)15(31(20,21)22)32(23,24)25/h10-15H,5H2,1-4H3,(H2,20,21,22)(H2,23,24,25)/t10-,11-,12+,13-,14?/m1/s1. The van der Waals surface area contributed by atoms with Crippen molar-refractivity contribution in [2.45, 2.75) is 63.6 Å². The van der Waals surface area contributed by atoms with Crippen LogP contribution >= 0.6 is 15.2 Å². The molecule has 0 aromatic carbocycles. The highest BCUT2D eigenvalue weighted by Gasteiger charge is 2.61. The summed E-state index contributed by atoms with van der Waals surface area (Å²) in [5.74, 6) is -3.93. The molecule has 0 aromatic rings. The topological polar surface area (TPSA) is 229 Å². The third-order valence-electron chi connectivity index (χ3n) is 4.01. The fourth-order valence-electron chi connectivity index (χ4n) is 3.08. The molecule has 1 fully saturated rings. The van der Waals surface area contributed by atoms with Crippen molar-refractivity contribution in [2.75, 3.05) is 6.61 Å². The Bertz CT molecular complexity index is 807. The van der Waals surface area contributed by atoms with E-state index in [1.165, 1.54) is 0 Å². The number of hydrogen-bond acceptors (Lipinski definition) is 11. The molecule has 32 heavy (non-hydrogen) atoms. The van der Waals surface area contributed by atoms with Crippen molar-refractivity contribution in [3.8, 4) is 0 Å². The molecule has 1 aliphatic rings. The summed E-state index contributed by atoms with van der Waals surface area (Å²) in [6.45, 7) is 2.99. The lowest BCUT2D eigenvalue weighted by Gasteiger charge is -2.46. The summed E-state index contributed by atoms with van der Waals surface area (Å²) in [5.41, 5.74) is 0. The van der Waals surface area contributed by atoms with Crippen molar-refractivity contribution in [2.24, 2.45) is 0 Å². The number of hydrogen-bond donors (Lipinski definition) is 4. The molecule has 0 aromatic heterocycles. The molecule has 0 amide bonds. The molecular formula is C15H24O15P2. The van der Waals surface area contributed by atoms with Gasteiger partial charge in [0.1, 0.15) is 18.8 Å². The highest BCUT2D eigenvalue weighted by atomic mass is 31.2. The Morgan fingerprint density at radius 1 is 0.750 bits per heavy atom. The molecule has 17 heteroatoms. The van der Waals surface area contributed by atoms with Crippen molar-refractivity contribution in [3.63, 3.8) is 0 Å². The minimum Gasteiger partial charge on any atom is -0.463 e. The Labute approximate surface area is 181 Å². The van der Waals surface area contributed by atoms with Crippen LogP contribution in [0, 0.1) is 0 Å². The first-order valence-corrected chi connectivity index (χ1v) is 12.2. The molecule has 0 aliphatic carbocycles. The maximum Gasteiger partial charge on any atom is 0.343 e. The van der Waals surface area contributed by atoms with Crippen molar-refractivity contribution >= 4 is 39.1 Å². The maximum atomic E-state index is 12.0. The van der Waals surface area contributed by atoms with Gasteiger partial charge < -0.3 is 43.3 Å². The molecule has 0 saturated carbocycles. The van der Waals surface area contributed by atoms with Gasteiger partial charge in [-0.1, -0.05) is 0 Å². The second-order valence-electron chi connectivity index (χ2n) is 6.76. The molecule has 0 spiro atoms. The van der Waals surface area contributed by atoms with Crippen molar-refractivity contribution in [1.82, 2.24) is 0 Å². The molecule has 1 heterocycles. The Hall–Kier alpha value is -1.86. The molecule has 15 nitrogen and oxygen atoms in total. The van der Waals surface area contributed by atoms with E-state index in [1.54, 1.807) is 0 Å². The Morgan fingerprint density at radius 3 is 1.53 bits per heavy atom. The predicted octanol–water partition coefficient (Wildman–Crippen LogP) is -1.21. The number of rotatable bonds is 8. The third kappa shape index (κ3) is 7.93. The molecule has 5 atom stereocenters. The summed E-state index contributed by atoms with van der Waals surface area (Å²) in [5, 5.41) is -2.87. The largest absolute Gasteiger partial charge is 0.463 e. The van der Waals surface area contributed by atoms with Gasteiger partial charge in [-0.05, 0) is 0 Å². The van der Waals surface area contributed by atoms with Crippen molar-refractivity contribution < 1.29 is 71.6 Å². The SMILES string of the molecule is CC(=O)OC[C@H]1OC(C(P(=O)(O)O)P(=O)(O)O)[C@H](OC(C)=O)[C@@H](OC(C)=O)[C@@H]1OC(C)=O. The van der Waals surface area contributed by atoms with E-state index in [4.69, 9.17) is 23.7 Å². The van der Waals surface area contributed by atoms with Crippen LogP contribution in [-0.2, 0) is 52.0 Å². The van der Waals surface area contributed by atoms with E-state index in [9.17, 15) is 47.9 Å². The quantitative estimate of drug-likeness (QED) is 0.172. The fraction of sp³-hybridized carbons (Fsp3) is 0.733. The number of ether oxygens (including phenoxy) is 5. The highest BCUT2D eigenvalue weighted by Crippen LogP contribution is 2.63. The molecule has 1 rings (SSSR count). The van der Waals surface area contributed by atoms with Gasteiger partial charge in [-0.2, -0.15) is 0 Å². The number of esters is 4. The molecular weight excluding hydrogens is 482 g/mol. The first-order chi connectivity index (χ1) is 14.4. The van der Waals surface area contributed by atoms with E-state index < -0.39 is 81.6 Å². The summed E-state index contributed by atoms with van der Waals surface area (Å²) in [7, 11) is -11.3. The number of carbonyl (C=O) groups is 4. The number of carbonyl (C=O) groups excluding carboxylic acids is 4. The minimum absolute atomic E-state index is 0.733. The van der Waals surface area contributed by atoms with E-state index in [1.807, 2.05) is 0 Å². The maximum absolute atomic E-state index is 12.0. The van der Waals surface area contributed by atoms with Crippen LogP contribution in [0.3, 0.4) is 0 Å². The van der Waals surface area contributed by atoms with Gasteiger partial charge in [-0.3, -0.25) is 28.3 Å². The third-order valence-corrected chi connectivity index (χ3v) is 7.78. The minimum atomic E-state index is -5.65. The fourth-order valence-corrected chi connectivity index (χ4v) is 5.89. The highest BCUT2D eigenvalue weighted by molar-refractivity contribution is 7.71. The van der Waals surface area contributed by atoms with Gasteiger partial charge in [0.05, 0.1) is 0 Å². The Balaban J connectivity index is 3.69. The van der Waals surface area contributed by atoms with Gasteiger partial charge in [-0.15, -0.1) is 0 Å². The van der Waals surface area contributed by atoms with Crippen LogP contribution in [0.5, 0.6) is 0 Å². The molecule has 0 radical (unpaired) electrons. The lowest BCUT2D eigenvalue weighted by molar-refractivity contribution is -0.251. The van der Waals surface area contributed by atoms with Gasteiger partial charge in [0.25, 0.3) is 0 Å². The normalized spacial score (nSPS) is 26.2. The predicted molar refractivity (Wildman–Crippen MR) is 99.8 cm³/mol. The van der Waals surface area contributed by atoms with Gasteiger partial charge in [0.15, 0.2) is 23.7 Å². The summed E-state index contributed by atoms with van der Waals surface area (Å²) < 4.78 is 49.1. The van der Waals surface area contributed by atoms with Gasteiger partial charge in [0.2, 0.25) is 0 Å². The van der Waals surface area contributed by atoms with Crippen LogP contribution in [0.25, 0.3) is 0 Å². The zero-order chi connectivity index (χ0) is 25.0. The molecule has 1 unspecified atom stereocenters. The summed E-state index contributed by atoms with van der Waals surface area (Å²) in [4.78, 5) is 84.7. The van der Waals surface area contributed by atoms with Crippen LogP contribution in [0.1, 0.15) is 27.7 Å². The Kier molecular flexibility index (Phi) is 9.54. The van der Waals surface area contributed by atoms with Crippen LogP contribution in [0.2, 0.25) is 0 Å². The first-order valence-electron chi connectivity index (χ1n) is 8.86. The smallest absolute Gasteiger partial charge is 0.343 e. The lowest BCUT2D eigenvalue weighted by Crippen LogP contribution is -2.64. The molecule has 4 N–H and O–H groups in total. The van der Waals surface area contributed by atoms with Gasteiger partial charge >= 0.3 is 39.1 Å². The monoisotopic (exact) mass is 506 g/mol. The Morgan fingerprint density at radius 2 is 1.16 bits per heavy atom. The van der Waals surface area contributed by atoms with Crippen molar-refractivity contribution in [3.05, 3.63) is 0 Å². The average molecular weight is 506 g/mol. The van der Waals surface area contributed by atoms with Crippen molar-refractivity contribution in [1.29, 1.82) is 0 Å². The van der Waals surface area contributed by atoms with E-state index in [2.05, 4.69) is 0 Å². The van der Waals surface area contributed by atoms with Crippen LogP contribution in [-0.4, -0.2) is 86.0 Å². The zero-order valence-electron chi connectivity index (χ0n) is 17.3. The summed E-state index contributed by atoms with van der Waals surface area (Å²) in [6, 6.07) is 0. The molecule has 1 saturated heterocycles. The van der Waals surface area contributed by atoms with Crippen LogP contribution in [0.15, 0.2) is 0 Å². The second-order valence-corrected chi connectivity index (χ2v) is 10.6. The zero-order valence-corrected chi connectivity index (χ0v) is 19.1. The molecule has 184 valence electrons. The van der Waals surface area contributed by atoms with Crippen LogP contribution < -0.4 is 0 Å².